The predicted octanol–water partition coefficient (Wildman–Crippen LogP) is 3.82. The Balaban J connectivity index is 1.59. The monoisotopic (exact) mass is 496 g/mol. The average Bonchev–Trinajstić information content (AvgIpc) is 3.25. The molecule has 0 radical (unpaired) electrons. The lowest BCUT2D eigenvalue weighted by Gasteiger charge is -2.44. The zero-order chi connectivity index (χ0) is 25.5. The molecule has 1 aliphatic carbocycles. The zero-order valence-corrected chi connectivity index (χ0v) is 21.2. The van der Waals surface area contributed by atoms with E-state index in [0.29, 0.717) is 50.5 Å². The van der Waals surface area contributed by atoms with Gasteiger partial charge in [-0.2, -0.15) is 0 Å². The number of carbonyl (C=O) groups is 1. The number of benzene rings is 2. The van der Waals surface area contributed by atoms with Crippen molar-refractivity contribution in [2.45, 2.75) is 62.7 Å². The molecular weight excluding hydrogens is 456 g/mol. The van der Waals surface area contributed by atoms with Crippen LogP contribution in [0.4, 0.5) is 0 Å². The third-order valence-electron chi connectivity index (χ3n) is 7.82. The molecule has 36 heavy (non-hydrogen) atoms. The molecule has 2 aliphatic rings. The number of amides is 1. The largest absolute Gasteiger partial charge is 0.457 e. The Bertz CT molecular complexity index is 977. The van der Waals surface area contributed by atoms with Gasteiger partial charge in [0.25, 0.3) is 0 Å². The molecule has 1 heterocycles. The van der Waals surface area contributed by atoms with Gasteiger partial charge < -0.3 is 30.3 Å². The smallest absolute Gasteiger partial charge is 0.225 e. The Morgan fingerprint density at radius 2 is 1.86 bits per heavy atom. The van der Waals surface area contributed by atoms with E-state index in [1.807, 2.05) is 59.5 Å². The summed E-state index contributed by atoms with van der Waals surface area (Å²) in [4.78, 5) is 15.2. The van der Waals surface area contributed by atoms with E-state index in [1.165, 1.54) is 0 Å². The number of hydrogen-bond donors (Lipinski definition) is 3. The summed E-state index contributed by atoms with van der Waals surface area (Å²) in [6.07, 6.45) is 4.11. The van der Waals surface area contributed by atoms with Crippen LogP contribution in [0.15, 0.2) is 54.6 Å². The summed E-state index contributed by atoms with van der Waals surface area (Å²) < 4.78 is 11.5. The minimum Gasteiger partial charge on any atom is -0.457 e. The van der Waals surface area contributed by atoms with Gasteiger partial charge in [-0.05, 0) is 63.1 Å². The molecule has 2 fully saturated rings. The standard InChI is InChI=1S/C29H40N2O5/c1-35-17-8-7-15-29(34,24-13-5-6-14-27(24)36-23-11-3-2-4-12-23)22-10-9-16-31(20-22)28(33)21-18-25(30)26(32)19-21/h2-6,11-14,21-22,25-26,32,34H,7-10,15-20,30H2,1H3. The highest BCUT2D eigenvalue weighted by Gasteiger charge is 2.44. The van der Waals surface area contributed by atoms with Crippen LogP contribution >= 0.6 is 0 Å². The van der Waals surface area contributed by atoms with E-state index in [1.54, 1.807) is 7.11 Å². The molecule has 4 N–H and O–H groups in total. The lowest BCUT2D eigenvalue weighted by atomic mass is 9.73. The van der Waals surface area contributed by atoms with Gasteiger partial charge in [-0.25, -0.2) is 0 Å². The van der Waals surface area contributed by atoms with Gasteiger partial charge in [0, 0.05) is 50.2 Å². The van der Waals surface area contributed by atoms with Gasteiger partial charge in [0.15, 0.2) is 0 Å². The fourth-order valence-corrected chi connectivity index (χ4v) is 5.80. The highest BCUT2D eigenvalue weighted by Crippen LogP contribution is 2.44. The average molecular weight is 497 g/mol. The van der Waals surface area contributed by atoms with Crippen LogP contribution in [0.1, 0.15) is 50.5 Å². The highest BCUT2D eigenvalue weighted by molar-refractivity contribution is 5.79. The maximum atomic E-state index is 13.3. The number of nitrogens with zero attached hydrogens (tertiary/aromatic N) is 1. The first kappa shape index (κ1) is 26.6. The normalized spacial score (nSPS) is 25.9. The number of para-hydroxylation sites is 2. The third-order valence-corrected chi connectivity index (χ3v) is 7.82. The van der Waals surface area contributed by atoms with Crippen LogP contribution in [0.3, 0.4) is 0 Å². The topological polar surface area (TPSA) is 105 Å². The van der Waals surface area contributed by atoms with Crippen LogP contribution in [0.5, 0.6) is 11.5 Å². The van der Waals surface area contributed by atoms with Crippen molar-refractivity contribution in [3.05, 3.63) is 60.2 Å². The number of methoxy groups -OCH3 is 1. The molecule has 1 saturated heterocycles. The molecular formula is C29H40N2O5. The number of hydrogen-bond acceptors (Lipinski definition) is 6. The molecule has 5 unspecified atom stereocenters. The van der Waals surface area contributed by atoms with Gasteiger partial charge in [0.1, 0.15) is 11.5 Å². The van der Waals surface area contributed by atoms with Crippen LogP contribution in [0.25, 0.3) is 0 Å². The molecule has 0 spiro atoms. The first-order valence-electron chi connectivity index (χ1n) is 13.2. The summed E-state index contributed by atoms with van der Waals surface area (Å²) in [7, 11) is 1.69. The summed E-state index contributed by atoms with van der Waals surface area (Å²) in [5, 5.41) is 22.5. The number of likely N-dealkylation sites (tertiary alicyclic amines) is 1. The Morgan fingerprint density at radius 3 is 2.58 bits per heavy atom. The Kier molecular flexibility index (Phi) is 9.01. The number of ether oxygens (including phenoxy) is 2. The van der Waals surface area contributed by atoms with Crippen LogP contribution in [-0.4, -0.2) is 60.0 Å². The van der Waals surface area contributed by atoms with Crippen LogP contribution in [0, 0.1) is 11.8 Å². The summed E-state index contributed by atoms with van der Waals surface area (Å²) in [5.41, 5.74) is 5.57. The molecule has 196 valence electrons. The van der Waals surface area contributed by atoms with Crippen molar-refractivity contribution >= 4 is 5.91 Å². The summed E-state index contributed by atoms with van der Waals surface area (Å²) in [6.45, 7) is 1.78. The van der Waals surface area contributed by atoms with Gasteiger partial charge in [-0.3, -0.25) is 4.79 Å². The van der Waals surface area contributed by atoms with Gasteiger partial charge >= 0.3 is 0 Å². The maximum absolute atomic E-state index is 13.3. The van der Waals surface area contributed by atoms with E-state index >= 15 is 0 Å². The SMILES string of the molecule is COCCCCC(O)(c1ccccc1Oc1ccccc1)C1CCCN(C(=O)C2CC(N)C(O)C2)C1. The Hall–Kier alpha value is -2.45. The second kappa shape index (κ2) is 12.2. The molecule has 7 nitrogen and oxygen atoms in total. The fourth-order valence-electron chi connectivity index (χ4n) is 5.80. The minimum atomic E-state index is -1.16. The summed E-state index contributed by atoms with van der Waals surface area (Å²) in [6, 6.07) is 16.9. The lowest BCUT2D eigenvalue weighted by Crippen LogP contribution is -2.49. The van der Waals surface area contributed by atoms with Crippen molar-refractivity contribution in [1.82, 2.24) is 4.90 Å². The van der Waals surface area contributed by atoms with Crippen LogP contribution in [0.2, 0.25) is 0 Å². The summed E-state index contributed by atoms with van der Waals surface area (Å²) >= 11 is 0. The van der Waals surface area contributed by atoms with Gasteiger partial charge in [0.2, 0.25) is 5.91 Å². The van der Waals surface area contributed by atoms with Crippen molar-refractivity contribution in [3.8, 4) is 11.5 Å². The molecule has 2 aromatic rings. The third kappa shape index (κ3) is 6.09. The number of rotatable bonds is 10. The molecule has 1 saturated carbocycles. The Morgan fingerprint density at radius 1 is 1.11 bits per heavy atom. The van der Waals surface area contributed by atoms with Crippen LogP contribution < -0.4 is 10.5 Å². The molecule has 7 heteroatoms. The van der Waals surface area contributed by atoms with Crippen LogP contribution in [-0.2, 0) is 15.1 Å². The predicted molar refractivity (Wildman–Crippen MR) is 139 cm³/mol. The second-order valence-corrected chi connectivity index (χ2v) is 10.3. The number of aliphatic hydroxyl groups excluding tert-OH is 1. The van der Waals surface area contributed by atoms with Gasteiger partial charge in [-0.1, -0.05) is 36.4 Å². The lowest BCUT2D eigenvalue weighted by molar-refractivity contribution is -0.141. The van der Waals surface area contributed by atoms with Crippen molar-refractivity contribution in [2.24, 2.45) is 17.6 Å². The number of unbranched alkanes of at least 4 members (excludes halogenated alkanes) is 1. The van der Waals surface area contributed by atoms with Crippen molar-refractivity contribution < 1.29 is 24.5 Å². The molecule has 0 bridgehead atoms. The zero-order valence-electron chi connectivity index (χ0n) is 21.2. The van der Waals surface area contributed by atoms with Crippen molar-refractivity contribution in [3.63, 3.8) is 0 Å². The highest BCUT2D eigenvalue weighted by atomic mass is 16.5. The Labute approximate surface area is 214 Å². The molecule has 2 aromatic carbocycles. The summed E-state index contributed by atoms with van der Waals surface area (Å²) in [5.74, 6) is 0.993. The van der Waals surface area contributed by atoms with Gasteiger partial charge in [-0.15, -0.1) is 0 Å². The first-order valence-corrected chi connectivity index (χ1v) is 13.2. The van der Waals surface area contributed by atoms with E-state index in [-0.39, 0.29) is 23.8 Å². The van der Waals surface area contributed by atoms with Crippen molar-refractivity contribution in [2.75, 3.05) is 26.8 Å². The maximum Gasteiger partial charge on any atom is 0.225 e. The molecule has 5 atom stereocenters. The van der Waals surface area contributed by atoms with Crippen molar-refractivity contribution in [1.29, 1.82) is 0 Å². The number of carbonyl (C=O) groups excluding carboxylic acids is 1. The minimum absolute atomic E-state index is 0.0438. The molecule has 1 amide bonds. The van der Waals surface area contributed by atoms with E-state index in [9.17, 15) is 15.0 Å². The molecule has 1 aliphatic heterocycles. The van der Waals surface area contributed by atoms with E-state index in [2.05, 4.69) is 0 Å². The number of nitrogens with two attached hydrogens (primary N) is 1. The first-order chi connectivity index (χ1) is 17.4. The molecule has 0 aromatic heterocycles. The quantitative estimate of drug-likeness (QED) is 0.432. The second-order valence-electron chi connectivity index (χ2n) is 10.3. The van der Waals surface area contributed by atoms with E-state index < -0.39 is 11.7 Å². The number of piperidine rings is 1. The van der Waals surface area contributed by atoms with Gasteiger partial charge in [0.05, 0.1) is 11.7 Å². The van der Waals surface area contributed by atoms with E-state index in [4.69, 9.17) is 15.2 Å². The number of aliphatic hydroxyl groups is 2. The fraction of sp³-hybridized carbons (Fsp3) is 0.552. The molecule has 4 rings (SSSR count). The van der Waals surface area contributed by atoms with E-state index in [0.717, 1.165) is 31.2 Å².